The van der Waals surface area contributed by atoms with Crippen LogP contribution in [0, 0.1) is 0 Å². The molecule has 0 fully saturated rings. The molecular weight excluding hydrogens is 580 g/mol. The van der Waals surface area contributed by atoms with Crippen LogP contribution in [0.2, 0.25) is 0 Å². The zero-order valence-electron chi connectivity index (χ0n) is 30.6. The van der Waals surface area contributed by atoms with E-state index in [4.69, 9.17) is 9.47 Å². The highest BCUT2D eigenvalue weighted by Gasteiger charge is 2.22. The molecule has 0 spiro atoms. The van der Waals surface area contributed by atoms with E-state index in [9.17, 15) is 19.5 Å². The van der Waals surface area contributed by atoms with Gasteiger partial charge in [-0.05, 0) is 51.4 Å². The molecule has 0 rings (SSSR count). The minimum absolute atomic E-state index is 0.140. The highest BCUT2D eigenvalue weighted by molar-refractivity contribution is 5.75. The van der Waals surface area contributed by atoms with Gasteiger partial charge in [-0.2, -0.15) is 0 Å². The summed E-state index contributed by atoms with van der Waals surface area (Å²) < 4.78 is 11.6. The Labute approximate surface area is 283 Å². The van der Waals surface area contributed by atoms with E-state index in [1.54, 1.807) is 0 Å². The summed E-state index contributed by atoms with van der Waals surface area (Å²) in [6, 6.07) is 0. The van der Waals surface area contributed by atoms with Crippen molar-refractivity contribution in [2.24, 2.45) is 0 Å². The third-order valence-electron chi connectivity index (χ3n) is 8.26. The molecule has 0 saturated carbocycles. The lowest BCUT2D eigenvalue weighted by Gasteiger charge is -2.23. The smallest absolute Gasteiger partial charge is 0.306 e. The number of aliphatic hydroxyl groups is 1. The quantitative estimate of drug-likeness (QED) is 0.0329. The molecule has 0 aliphatic heterocycles. The Kier molecular flexibility index (Phi) is 29.1. The number of nitrogens with zero attached hydrogens (tertiary/aromatic N) is 1. The molecule has 0 aliphatic rings. The van der Waals surface area contributed by atoms with Crippen molar-refractivity contribution in [3.8, 4) is 0 Å². The maximum atomic E-state index is 12.5. The zero-order valence-corrected chi connectivity index (χ0v) is 30.6. The van der Waals surface area contributed by atoms with Gasteiger partial charge in [-0.1, -0.05) is 103 Å². The van der Waals surface area contributed by atoms with Crippen molar-refractivity contribution in [2.75, 3.05) is 40.8 Å². The Morgan fingerprint density at radius 2 is 1.28 bits per heavy atom. The number of likely N-dealkylation sites (N-methyl/N-ethyl adjacent to an activating group) is 1. The van der Waals surface area contributed by atoms with E-state index in [-0.39, 0.29) is 30.7 Å². The van der Waals surface area contributed by atoms with Crippen LogP contribution in [0.1, 0.15) is 162 Å². The summed E-state index contributed by atoms with van der Waals surface area (Å²) >= 11 is 0. The summed E-state index contributed by atoms with van der Waals surface area (Å²) in [6.45, 7) is 6.28. The SMILES string of the molecule is CCCCCCCCCCNC(=O)CCCCCCC/C=C\CC(O)C(CCCCC)OC(=O)CCCC(=O)OCC[N+](C)(C)C. The summed E-state index contributed by atoms with van der Waals surface area (Å²) in [5.41, 5.74) is 0. The molecule has 0 heterocycles. The standard InChI is InChI=1S/C38H72N2O6/c1-6-8-10-11-12-17-20-24-31-39-36(42)28-23-19-16-14-13-15-18-22-26-34(41)35(27-21-9-7-2)46-38(44)30-25-29-37(43)45-33-32-40(3,4)5/h18,22,34-35,41H,6-17,19-21,23-33H2,1-5H3/p+1/b22-18-. The maximum Gasteiger partial charge on any atom is 0.306 e. The second-order valence-electron chi connectivity index (χ2n) is 14.0. The number of allylic oxidation sites excluding steroid dienone is 1. The average Bonchev–Trinajstić information content (AvgIpc) is 3.00. The predicted molar refractivity (Wildman–Crippen MR) is 189 cm³/mol. The van der Waals surface area contributed by atoms with Crippen LogP contribution >= 0.6 is 0 Å². The first-order valence-electron chi connectivity index (χ1n) is 18.8. The number of carbonyl (C=O) groups excluding carboxylic acids is 3. The minimum Gasteiger partial charge on any atom is -0.460 e. The molecule has 0 bridgehead atoms. The molecule has 0 aromatic rings. The molecule has 8 heteroatoms. The topological polar surface area (TPSA) is 102 Å². The van der Waals surface area contributed by atoms with Crippen molar-refractivity contribution in [3.63, 3.8) is 0 Å². The van der Waals surface area contributed by atoms with Crippen molar-refractivity contribution in [2.45, 2.75) is 174 Å². The Balaban J connectivity index is 4.02. The highest BCUT2D eigenvalue weighted by Crippen LogP contribution is 2.16. The van der Waals surface area contributed by atoms with E-state index in [1.165, 1.54) is 44.9 Å². The van der Waals surface area contributed by atoms with E-state index in [2.05, 4.69) is 25.2 Å². The van der Waals surface area contributed by atoms with Gasteiger partial charge in [0.05, 0.1) is 27.2 Å². The fourth-order valence-corrected chi connectivity index (χ4v) is 5.19. The van der Waals surface area contributed by atoms with Gasteiger partial charge < -0.3 is 24.4 Å². The number of hydrogen-bond donors (Lipinski definition) is 2. The van der Waals surface area contributed by atoms with Gasteiger partial charge in [0, 0.05) is 25.8 Å². The van der Waals surface area contributed by atoms with E-state index in [1.807, 2.05) is 27.2 Å². The lowest BCUT2D eigenvalue weighted by atomic mass is 10.0. The fraction of sp³-hybridized carbons (Fsp3) is 0.868. The number of aliphatic hydroxyl groups excluding tert-OH is 1. The third-order valence-corrected chi connectivity index (χ3v) is 8.26. The molecule has 2 atom stereocenters. The Morgan fingerprint density at radius 1 is 0.696 bits per heavy atom. The number of esters is 2. The van der Waals surface area contributed by atoms with Gasteiger partial charge in [0.2, 0.25) is 5.91 Å². The van der Waals surface area contributed by atoms with Crippen LogP contribution in [0.25, 0.3) is 0 Å². The highest BCUT2D eigenvalue weighted by atomic mass is 16.6. The molecule has 1 amide bonds. The van der Waals surface area contributed by atoms with Crippen LogP contribution in [0.4, 0.5) is 0 Å². The first-order chi connectivity index (χ1) is 22.1. The lowest BCUT2D eigenvalue weighted by molar-refractivity contribution is -0.870. The number of nitrogens with one attached hydrogen (secondary N) is 1. The average molecular weight is 654 g/mol. The monoisotopic (exact) mass is 654 g/mol. The van der Waals surface area contributed by atoms with Crippen LogP contribution in [0.5, 0.6) is 0 Å². The number of amides is 1. The molecule has 0 aliphatic carbocycles. The summed E-state index contributed by atoms with van der Waals surface area (Å²) in [5.74, 6) is -0.475. The normalized spacial score (nSPS) is 13.1. The Morgan fingerprint density at radius 3 is 1.96 bits per heavy atom. The van der Waals surface area contributed by atoms with Crippen LogP contribution in [0.3, 0.4) is 0 Å². The van der Waals surface area contributed by atoms with E-state index in [0.29, 0.717) is 32.3 Å². The number of quaternary nitrogens is 1. The van der Waals surface area contributed by atoms with E-state index >= 15 is 0 Å². The van der Waals surface area contributed by atoms with Gasteiger partial charge in [-0.3, -0.25) is 14.4 Å². The number of hydrogen-bond acceptors (Lipinski definition) is 6. The number of rotatable bonds is 32. The van der Waals surface area contributed by atoms with E-state index in [0.717, 1.165) is 81.8 Å². The van der Waals surface area contributed by atoms with Gasteiger partial charge >= 0.3 is 11.9 Å². The number of ether oxygens (including phenoxy) is 2. The van der Waals surface area contributed by atoms with Gasteiger partial charge in [-0.15, -0.1) is 0 Å². The van der Waals surface area contributed by atoms with Crippen molar-refractivity contribution in [3.05, 3.63) is 12.2 Å². The van der Waals surface area contributed by atoms with Gasteiger partial charge in [0.25, 0.3) is 0 Å². The molecule has 270 valence electrons. The second kappa shape index (κ2) is 30.4. The van der Waals surface area contributed by atoms with Crippen LogP contribution in [-0.2, 0) is 23.9 Å². The lowest BCUT2D eigenvalue weighted by Crippen LogP contribution is -2.38. The number of carbonyl (C=O) groups is 3. The molecule has 0 saturated heterocycles. The summed E-state index contributed by atoms with van der Waals surface area (Å²) in [6.07, 6.45) is 24.8. The Bertz CT molecular complexity index is 780. The minimum atomic E-state index is -0.737. The molecule has 2 unspecified atom stereocenters. The molecule has 0 aromatic heterocycles. The summed E-state index contributed by atoms with van der Waals surface area (Å²) in [7, 11) is 6.12. The summed E-state index contributed by atoms with van der Waals surface area (Å²) in [5, 5.41) is 13.8. The third kappa shape index (κ3) is 30.7. The first kappa shape index (κ1) is 44.1. The fourth-order valence-electron chi connectivity index (χ4n) is 5.19. The van der Waals surface area contributed by atoms with Crippen LogP contribution in [0.15, 0.2) is 12.2 Å². The van der Waals surface area contributed by atoms with E-state index < -0.39 is 12.2 Å². The van der Waals surface area contributed by atoms with Gasteiger partial charge in [-0.25, -0.2) is 0 Å². The molecule has 0 aromatic carbocycles. The van der Waals surface area contributed by atoms with Crippen molar-refractivity contribution < 1.29 is 33.4 Å². The molecular formula is C38H73N2O6+. The first-order valence-corrected chi connectivity index (χ1v) is 18.8. The van der Waals surface area contributed by atoms with Gasteiger partial charge in [0.1, 0.15) is 19.3 Å². The zero-order chi connectivity index (χ0) is 34.3. The predicted octanol–water partition coefficient (Wildman–Crippen LogP) is 8.19. The van der Waals surface area contributed by atoms with Crippen molar-refractivity contribution in [1.29, 1.82) is 0 Å². The van der Waals surface area contributed by atoms with Crippen LogP contribution < -0.4 is 5.32 Å². The second-order valence-corrected chi connectivity index (χ2v) is 14.0. The maximum absolute atomic E-state index is 12.5. The van der Waals surface area contributed by atoms with Crippen LogP contribution in [-0.4, -0.2) is 80.5 Å². The molecule has 8 nitrogen and oxygen atoms in total. The largest absolute Gasteiger partial charge is 0.460 e. The summed E-state index contributed by atoms with van der Waals surface area (Å²) in [4.78, 5) is 36.4. The Hall–Kier alpha value is -1.93. The number of unbranched alkanes of at least 4 members (excludes halogenated alkanes) is 14. The van der Waals surface area contributed by atoms with Gasteiger partial charge in [0.15, 0.2) is 0 Å². The molecule has 0 radical (unpaired) electrons. The van der Waals surface area contributed by atoms with Crippen molar-refractivity contribution >= 4 is 17.8 Å². The molecule has 46 heavy (non-hydrogen) atoms. The van der Waals surface area contributed by atoms with Crippen molar-refractivity contribution in [1.82, 2.24) is 5.32 Å². The molecule has 2 N–H and O–H groups in total.